The minimum atomic E-state index is 0.0874. The molecule has 1 aliphatic rings. The van der Waals surface area contributed by atoms with Gasteiger partial charge >= 0.3 is 0 Å². The van der Waals surface area contributed by atoms with Gasteiger partial charge in [-0.3, -0.25) is 9.79 Å². The van der Waals surface area contributed by atoms with Gasteiger partial charge in [0, 0.05) is 41.2 Å². The van der Waals surface area contributed by atoms with Crippen molar-refractivity contribution in [2.75, 3.05) is 0 Å². The number of aliphatic imine (C=N–C) groups is 1. The van der Waals surface area contributed by atoms with Crippen molar-refractivity contribution < 1.29 is 4.79 Å². The zero-order valence-corrected chi connectivity index (χ0v) is 16.6. The molecule has 0 spiro atoms. The molecule has 5 rings (SSSR count). The zero-order chi connectivity index (χ0) is 20.3. The van der Waals surface area contributed by atoms with Crippen LogP contribution in [0.3, 0.4) is 0 Å². The van der Waals surface area contributed by atoms with E-state index in [9.17, 15) is 4.79 Å². The minimum absolute atomic E-state index is 0.0874. The van der Waals surface area contributed by atoms with E-state index in [2.05, 4.69) is 41.4 Å². The maximum atomic E-state index is 13.0. The summed E-state index contributed by atoms with van der Waals surface area (Å²) in [6, 6.07) is 28.7. The Labute approximate surface area is 175 Å². The Kier molecular flexibility index (Phi) is 4.86. The Balaban J connectivity index is 1.39. The van der Waals surface area contributed by atoms with Crippen molar-refractivity contribution in [1.29, 1.82) is 0 Å². The van der Waals surface area contributed by atoms with Gasteiger partial charge in [-0.2, -0.15) is 0 Å². The number of fused-ring (bicyclic) bond motifs is 1. The number of H-pyrrole nitrogens is 1. The van der Waals surface area contributed by atoms with Gasteiger partial charge in [-0.25, -0.2) is 0 Å². The summed E-state index contributed by atoms with van der Waals surface area (Å²) >= 11 is 0. The lowest BCUT2D eigenvalue weighted by Crippen LogP contribution is -2.14. The first kappa shape index (κ1) is 18.3. The van der Waals surface area contributed by atoms with E-state index < -0.39 is 0 Å². The molecule has 0 aliphatic carbocycles. The molecule has 1 N–H and O–H groups in total. The van der Waals surface area contributed by atoms with E-state index in [4.69, 9.17) is 4.99 Å². The van der Waals surface area contributed by atoms with Crippen molar-refractivity contribution in [3.63, 3.8) is 0 Å². The second-order valence-corrected chi connectivity index (χ2v) is 7.60. The number of rotatable bonds is 6. The first-order valence-electron chi connectivity index (χ1n) is 10.3. The van der Waals surface area contributed by atoms with Crippen molar-refractivity contribution >= 4 is 22.4 Å². The molecule has 4 aromatic rings. The molecule has 0 radical (unpaired) electrons. The number of Topliss-reactive ketones (excluding diaryl/α,β-unsaturated/α-hetero) is 1. The third-order valence-electron chi connectivity index (χ3n) is 5.75. The number of aromatic nitrogens is 1. The molecule has 2 heterocycles. The highest BCUT2D eigenvalue weighted by atomic mass is 16.1. The maximum Gasteiger partial charge on any atom is 0.165 e. The Morgan fingerprint density at radius 3 is 2.37 bits per heavy atom. The van der Waals surface area contributed by atoms with Crippen LogP contribution < -0.4 is 0 Å². The molecule has 1 aliphatic heterocycles. The van der Waals surface area contributed by atoms with Gasteiger partial charge in [0.25, 0.3) is 0 Å². The summed E-state index contributed by atoms with van der Waals surface area (Å²) in [6.07, 6.45) is 4.95. The highest BCUT2D eigenvalue weighted by Crippen LogP contribution is 2.36. The highest BCUT2D eigenvalue weighted by Gasteiger charge is 2.28. The number of hydrogen-bond acceptors (Lipinski definition) is 2. The standard InChI is InChI=1S/C27H22N2O/c30-25(23-18-28-24-14-8-7-13-22(23)24)16-15-21-17-29-27(20-11-5-2-6-12-20)26(21)19-9-3-1-4-10-19/h1-14,17-18,26,28H,15-16H2. The summed E-state index contributed by atoms with van der Waals surface area (Å²) in [5, 5.41) is 0.990. The van der Waals surface area contributed by atoms with E-state index >= 15 is 0 Å². The molecule has 1 unspecified atom stereocenters. The van der Waals surface area contributed by atoms with E-state index in [1.54, 1.807) is 0 Å². The predicted octanol–water partition coefficient (Wildman–Crippen LogP) is 6.30. The van der Waals surface area contributed by atoms with Crippen LogP contribution in [0.5, 0.6) is 0 Å². The second-order valence-electron chi connectivity index (χ2n) is 7.60. The molecule has 30 heavy (non-hydrogen) atoms. The zero-order valence-electron chi connectivity index (χ0n) is 16.6. The fourth-order valence-corrected chi connectivity index (χ4v) is 4.25. The van der Waals surface area contributed by atoms with Crippen molar-refractivity contribution in [2.45, 2.75) is 18.8 Å². The van der Waals surface area contributed by atoms with E-state index in [1.807, 2.05) is 60.9 Å². The normalized spacial score (nSPS) is 15.8. The largest absolute Gasteiger partial charge is 0.360 e. The Bertz CT molecular complexity index is 1250. The van der Waals surface area contributed by atoms with Crippen LogP contribution in [0.4, 0.5) is 0 Å². The quantitative estimate of drug-likeness (QED) is 0.386. The van der Waals surface area contributed by atoms with Gasteiger partial charge in [0.15, 0.2) is 5.78 Å². The molecule has 1 atom stereocenters. The Morgan fingerprint density at radius 2 is 1.57 bits per heavy atom. The summed E-state index contributed by atoms with van der Waals surface area (Å²) in [6.45, 7) is 0. The molecule has 0 bridgehead atoms. The summed E-state index contributed by atoms with van der Waals surface area (Å²) in [5.74, 6) is 0.248. The number of para-hydroxylation sites is 1. The smallest absolute Gasteiger partial charge is 0.165 e. The van der Waals surface area contributed by atoms with Crippen molar-refractivity contribution in [2.24, 2.45) is 4.99 Å². The van der Waals surface area contributed by atoms with E-state index in [1.165, 1.54) is 11.1 Å². The number of carbonyl (C=O) groups is 1. The molecule has 0 saturated heterocycles. The van der Waals surface area contributed by atoms with Gasteiger partial charge in [0.05, 0.1) is 5.71 Å². The molecule has 0 fully saturated rings. The maximum absolute atomic E-state index is 13.0. The van der Waals surface area contributed by atoms with Crippen molar-refractivity contribution in [3.05, 3.63) is 120 Å². The topological polar surface area (TPSA) is 45.2 Å². The van der Waals surface area contributed by atoms with E-state index in [0.717, 1.165) is 27.7 Å². The summed E-state index contributed by atoms with van der Waals surface area (Å²) in [5.41, 5.74) is 6.34. The van der Waals surface area contributed by atoms with E-state index in [0.29, 0.717) is 12.8 Å². The van der Waals surface area contributed by atoms with Crippen LogP contribution in [0, 0.1) is 0 Å². The Morgan fingerprint density at radius 1 is 0.867 bits per heavy atom. The summed E-state index contributed by atoms with van der Waals surface area (Å²) in [7, 11) is 0. The van der Waals surface area contributed by atoms with Crippen LogP contribution in [-0.4, -0.2) is 16.5 Å². The molecule has 3 aromatic carbocycles. The van der Waals surface area contributed by atoms with Crippen molar-refractivity contribution in [1.82, 2.24) is 4.98 Å². The summed E-state index contributed by atoms with van der Waals surface area (Å²) in [4.78, 5) is 21.0. The third kappa shape index (κ3) is 3.39. The third-order valence-corrected chi connectivity index (χ3v) is 5.75. The fraction of sp³-hybridized carbons (Fsp3) is 0.111. The van der Waals surface area contributed by atoms with Crippen LogP contribution in [0.1, 0.15) is 40.2 Å². The molecule has 146 valence electrons. The molecular weight excluding hydrogens is 368 g/mol. The Hall–Kier alpha value is -3.72. The van der Waals surface area contributed by atoms with Crippen molar-refractivity contribution in [3.8, 4) is 0 Å². The molecular formula is C27H22N2O. The van der Waals surface area contributed by atoms with Crippen LogP contribution in [-0.2, 0) is 0 Å². The number of allylic oxidation sites excluding steroid dienone is 1. The second kappa shape index (κ2) is 7.96. The lowest BCUT2D eigenvalue weighted by molar-refractivity contribution is 0.0984. The fourth-order valence-electron chi connectivity index (χ4n) is 4.25. The first-order chi connectivity index (χ1) is 14.8. The number of nitrogens with zero attached hydrogens (tertiary/aromatic N) is 1. The number of nitrogens with one attached hydrogen (secondary N) is 1. The number of aromatic amines is 1. The van der Waals surface area contributed by atoms with Crippen LogP contribution in [0.25, 0.3) is 10.9 Å². The van der Waals surface area contributed by atoms with Crippen LogP contribution >= 0.6 is 0 Å². The number of ketones is 1. The van der Waals surface area contributed by atoms with Crippen LogP contribution in [0.15, 0.2) is 108 Å². The minimum Gasteiger partial charge on any atom is -0.360 e. The first-order valence-corrected chi connectivity index (χ1v) is 10.3. The van der Waals surface area contributed by atoms with Gasteiger partial charge in [0.2, 0.25) is 0 Å². The monoisotopic (exact) mass is 390 g/mol. The number of hydrogen-bond donors (Lipinski definition) is 1. The molecule has 3 heteroatoms. The van der Waals surface area contributed by atoms with Crippen LogP contribution in [0.2, 0.25) is 0 Å². The van der Waals surface area contributed by atoms with E-state index in [-0.39, 0.29) is 11.7 Å². The van der Waals surface area contributed by atoms with Gasteiger partial charge in [-0.15, -0.1) is 0 Å². The predicted molar refractivity (Wildman–Crippen MR) is 122 cm³/mol. The molecule has 0 amide bonds. The highest BCUT2D eigenvalue weighted by molar-refractivity contribution is 6.10. The van der Waals surface area contributed by atoms with Gasteiger partial charge in [0.1, 0.15) is 0 Å². The lowest BCUT2D eigenvalue weighted by Gasteiger charge is -2.18. The average molecular weight is 390 g/mol. The lowest BCUT2D eigenvalue weighted by atomic mass is 9.83. The van der Waals surface area contributed by atoms with Gasteiger partial charge in [-0.1, -0.05) is 78.9 Å². The number of benzene rings is 3. The molecule has 3 nitrogen and oxygen atoms in total. The van der Waals surface area contributed by atoms with Gasteiger partial charge in [-0.05, 0) is 29.2 Å². The summed E-state index contributed by atoms with van der Waals surface area (Å²) < 4.78 is 0. The SMILES string of the molecule is O=C(CCC1=CN=C(c2ccccc2)C1c1ccccc1)c1c[nH]c2ccccc12. The number of carbonyl (C=O) groups excluding carboxylic acids is 1. The van der Waals surface area contributed by atoms with Gasteiger partial charge < -0.3 is 4.98 Å². The molecule has 1 aromatic heterocycles. The molecule has 0 saturated carbocycles. The average Bonchev–Trinajstić information content (AvgIpc) is 3.43.